The van der Waals surface area contributed by atoms with Gasteiger partial charge in [0.05, 0.1) is 0 Å². The van der Waals surface area contributed by atoms with E-state index in [0.717, 1.165) is 18.6 Å². The zero-order valence-electron chi connectivity index (χ0n) is 10.2. The molecular formula is C12H25N3. The van der Waals surface area contributed by atoms with Crippen molar-refractivity contribution in [1.82, 2.24) is 9.80 Å². The quantitative estimate of drug-likeness (QED) is 0.749. The number of nitrogens with two attached hydrogens (primary N) is 1. The Bertz CT molecular complexity index is 193. The van der Waals surface area contributed by atoms with Crippen molar-refractivity contribution in [2.75, 3.05) is 26.7 Å². The van der Waals surface area contributed by atoms with E-state index in [4.69, 9.17) is 5.73 Å². The Morgan fingerprint density at radius 2 is 1.87 bits per heavy atom. The Hall–Kier alpha value is -0.120. The first-order chi connectivity index (χ1) is 7.20. The van der Waals surface area contributed by atoms with E-state index in [9.17, 15) is 0 Å². The zero-order valence-corrected chi connectivity index (χ0v) is 10.2. The van der Waals surface area contributed by atoms with Crippen molar-refractivity contribution in [2.45, 2.75) is 50.7 Å². The third-order valence-corrected chi connectivity index (χ3v) is 4.20. The largest absolute Gasteiger partial charge is 0.328 e. The van der Waals surface area contributed by atoms with Crippen LogP contribution >= 0.6 is 0 Å². The minimum absolute atomic E-state index is 0.475. The molecule has 3 heteroatoms. The lowest BCUT2D eigenvalue weighted by Gasteiger charge is -2.38. The predicted molar refractivity (Wildman–Crippen MR) is 63.9 cm³/mol. The summed E-state index contributed by atoms with van der Waals surface area (Å²) in [6, 6.07) is 2.07. The number of likely N-dealkylation sites (N-methyl/N-ethyl adjacent to an activating group) is 1. The van der Waals surface area contributed by atoms with E-state index in [-0.39, 0.29) is 0 Å². The van der Waals surface area contributed by atoms with Gasteiger partial charge in [-0.15, -0.1) is 0 Å². The lowest BCUT2D eigenvalue weighted by Crippen LogP contribution is -2.49. The molecule has 0 radical (unpaired) electrons. The van der Waals surface area contributed by atoms with Gasteiger partial charge in [0.2, 0.25) is 0 Å². The van der Waals surface area contributed by atoms with Crippen LogP contribution in [0.25, 0.3) is 0 Å². The number of piperidine rings is 1. The minimum atomic E-state index is 0.475. The number of nitrogens with zero attached hydrogens (tertiary/aromatic N) is 2. The summed E-state index contributed by atoms with van der Waals surface area (Å²) < 4.78 is 0. The monoisotopic (exact) mass is 211 g/mol. The molecule has 2 atom stereocenters. The molecule has 0 saturated carbocycles. The Kier molecular flexibility index (Phi) is 3.65. The summed E-state index contributed by atoms with van der Waals surface area (Å²) in [5.74, 6) is 0. The van der Waals surface area contributed by atoms with Crippen LogP contribution in [0.15, 0.2) is 0 Å². The van der Waals surface area contributed by atoms with Crippen molar-refractivity contribution >= 4 is 0 Å². The molecule has 0 amide bonds. The van der Waals surface area contributed by atoms with Crippen LogP contribution in [-0.4, -0.2) is 54.6 Å². The van der Waals surface area contributed by atoms with E-state index in [0.29, 0.717) is 6.04 Å². The smallest absolute Gasteiger partial charge is 0.0115 e. The van der Waals surface area contributed by atoms with E-state index in [1.807, 2.05) is 0 Å². The molecule has 0 aromatic heterocycles. The standard InChI is InChI=1S/C12H25N3/c1-3-14(2)6-7-15-11-4-5-12(15)9-10(13)8-11/h10-12H,3-9,13H2,1-2H3. The molecule has 2 bridgehead atoms. The topological polar surface area (TPSA) is 32.5 Å². The molecule has 2 N–H and O–H groups in total. The number of rotatable bonds is 4. The predicted octanol–water partition coefficient (Wildman–Crippen LogP) is 0.892. The average Bonchev–Trinajstić information content (AvgIpc) is 2.46. The second kappa shape index (κ2) is 4.81. The molecule has 0 aromatic carbocycles. The lowest BCUT2D eigenvalue weighted by atomic mass is 9.98. The van der Waals surface area contributed by atoms with Gasteiger partial charge >= 0.3 is 0 Å². The lowest BCUT2D eigenvalue weighted by molar-refractivity contribution is 0.115. The second-order valence-corrected chi connectivity index (χ2v) is 5.25. The van der Waals surface area contributed by atoms with Gasteiger partial charge in [-0.05, 0) is 39.3 Å². The van der Waals surface area contributed by atoms with E-state index < -0.39 is 0 Å². The van der Waals surface area contributed by atoms with Gasteiger partial charge in [0.1, 0.15) is 0 Å². The van der Waals surface area contributed by atoms with Crippen molar-refractivity contribution in [3.63, 3.8) is 0 Å². The summed E-state index contributed by atoms with van der Waals surface area (Å²) in [5.41, 5.74) is 6.06. The first kappa shape index (κ1) is 11.4. The van der Waals surface area contributed by atoms with Crippen molar-refractivity contribution < 1.29 is 0 Å². The van der Waals surface area contributed by atoms with Crippen molar-refractivity contribution in [3.05, 3.63) is 0 Å². The molecule has 2 fully saturated rings. The maximum absolute atomic E-state index is 6.06. The summed E-state index contributed by atoms with van der Waals surface area (Å²) in [7, 11) is 2.21. The molecule has 0 aliphatic carbocycles. The molecule has 0 aromatic rings. The minimum Gasteiger partial charge on any atom is -0.328 e. The van der Waals surface area contributed by atoms with Gasteiger partial charge < -0.3 is 10.6 Å². The summed E-state index contributed by atoms with van der Waals surface area (Å²) in [5, 5.41) is 0. The maximum atomic E-state index is 6.06. The normalized spacial score (nSPS) is 36.4. The number of fused-ring (bicyclic) bond motifs is 2. The Morgan fingerprint density at radius 1 is 1.27 bits per heavy atom. The van der Waals surface area contributed by atoms with E-state index in [2.05, 4.69) is 23.8 Å². The Balaban J connectivity index is 1.83. The van der Waals surface area contributed by atoms with E-state index >= 15 is 0 Å². The SMILES string of the molecule is CCN(C)CCN1C2CCC1CC(N)C2. The fourth-order valence-electron chi connectivity index (χ4n) is 3.13. The van der Waals surface area contributed by atoms with Crippen molar-refractivity contribution in [2.24, 2.45) is 5.73 Å². The highest BCUT2D eigenvalue weighted by Crippen LogP contribution is 2.34. The van der Waals surface area contributed by atoms with Crippen LogP contribution in [0.2, 0.25) is 0 Å². The van der Waals surface area contributed by atoms with E-state index in [1.165, 1.54) is 38.8 Å². The molecule has 0 spiro atoms. The summed E-state index contributed by atoms with van der Waals surface area (Å²) in [4.78, 5) is 5.11. The number of hydrogen-bond acceptors (Lipinski definition) is 3. The van der Waals surface area contributed by atoms with Gasteiger partial charge in [0.15, 0.2) is 0 Å². The second-order valence-electron chi connectivity index (χ2n) is 5.25. The molecule has 2 heterocycles. The van der Waals surface area contributed by atoms with Gasteiger partial charge in [-0.3, -0.25) is 4.90 Å². The third kappa shape index (κ3) is 2.52. The molecule has 2 aliphatic heterocycles. The first-order valence-electron chi connectivity index (χ1n) is 6.40. The maximum Gasteiger partial charge on any atom is 0.0115 e. The molecule has 2 saturated heterocycles. The summed E-state index contributed by atoms with van der Waals surface area (Å²) in [6.07, 6.45) is 5.22. The third-order valence-electron chi connectivity index (χ3n) is 4.20. The molecule has 88 valence electrons. The van der Waals surface area contributed by atoms with Crippen LogP contribution in [-0.2, 0) is 0 Å². The molecule has 2 unspecified atom stereocenters. The Morgan fingerprint density at radius 3 is 2.40 bits per heavy atom. The highest BCUT2D eigenvalue weighted by Gasteiger charge is 2.38. The first-order valence-corrected chi connectivity index (χ1v) is 6.40. The van der Waals surface area contributed by atoms with Gasteiger partial charge in [-0.1, -0.05) is 6.92 Å². The van der Waals surface area contributed by atoms with Crippen LogP contribution in [0.3, 0.4) is 0 Å². The summed E-state index contributed by atoms with van der Waals surface area (Å²) in [6.45, 7) is 5.83. The fraction of sp³-hybridized carbons (Fsp3) is 1.00. The van der Waals surface area contributed by atoms with Crippen molar-refractivity contribution in [1.29, 1.82) is 0 Å². The van der Waals surface area contributed by atoms with Crippen LogP contribution in [0.5, 0.6) is 0 Å². The Labute approximate surface area is 93.6 Å². The van der Waals surface area contributed by atoms with Crippen LogP contribution < -0.4 is 5.73 Å². The fourth-order valence-corrected chi connectivity index (χ4v) is 3.13. The average molecular weight is 211 g/mol. The highest BCUT2D eigenvalue weighted by molar-refractivity contribution is 4.96. The molecule has 15 heavy (non-hydrogen) atoms. The van der Waals surface area contributed by atoms with Gasteiger partial charge in [-0.25, -0.2) is 0 Å². The van der Waals surface area contributed by atoms with Crippen LogP contribution in [0.4, 0.5) is 0 Å². The highest BCUT2D eigenvalue weighted by atomic mass is 15.2. The molecule has 2 rings (SSSR count). The molecule has 2 aliphatic rings. The molecule has 3 nitrogen and oxygen atoms in total. The van der Waals surface area contributed by atoms with Gasteiger partial charge in [-0.2, -0.15) is 0 Å². The number of hydrogen-bond donors (Lipinski definition) is 1. The van der Waals surface area contributed by atoms with Gasteiger partial charge in [0, 0.05) is 31.2 Å². The summed E-state index contributed by atoms with van der Waals surface area (Å²) >= 11 is 0. The van der Waals surface area contributed by atoms with Crippen LogP contribution in [0, 0.1) is 0 Å². The zero-order chi connectivity index (χ0) is 10.8. The van der Waals surface area contributed by atoms with E-state index in [1.54, 1.807) is 0 Å². The van der Waals surface area contributed by atoms with Gasteiger partial charge in [0.25, 0.3) is 0 Å². The molecular weight excluding hydrogens is 186 g/mol. The van der Waals surface area contributed by atoms with Crippen LogP contribution in [0.1, 0.15) is 32.6 Å². The van der Waals surface area contributed by atoms with Crippen molar-refractivity contribution in [3.8, 4) is 0 Å².